The van der Waals surface area contributed by atoms with E-state index in [1.54, 1.807) is 34.6 Å². The van der Waals surface area contributed by atoms with Crippen LogP contribution in [-0.4, -0.2) is 52.5 Å². The van der Waals surface area contributed by atoms with Crippen LogP contribution in [0.1, 0.15) is 50.5 Å². The summed E-state index contributed by atoms with van der Waals surface area (Å²) in [7, 11) is -2.94. The van der Waals surface area contributed by atoms with Gasteiger partial charge in [-0.05, 0) is 55.8 Å². The number of pyridine rings is 1. The summed E-state index contributed by atoms with van der Waals surface area (Å²) in [6, 6.07) is 9.62. The number of thiophene rings is 1. The van der Waals surface area contributed by atoms with Gasteiger partial charge in [-0.3, -0.25) is 28.7 Å². The van der Waals surface area contributed by atoms with E-state index < -0.39 is 73.6 Å². The molecule has 0 radical (unpaired) electrons. The molecule has 3 aromatic heterocycles. The monoisotopic (exact) mass is 782 g/mol. The summed E-state index contributed by atoms with van der Waals surface area (Å²) >= 11 is 0.699. The predicted octanol–water partition coefficient (Wildman–Crippen LogP) is 4.50. The number of halogens is 2. The molecule has 18 heteroatoms. The van der Waals surface area contributed by atoms with E-state index in [0.29, 0.717) is 34.5 Å². The molecule has 5 aromatic rings. The minimum Gasteiger partial charge on any atom is -0.461 e. The number of nitrogens with zero attached hydrogens (tertiary/aromatic N) is 3. The number of aryl methyl sites for hydroxylation is 1. The van der Waals surface area contributed by atoms with Crippen molar-refractivity contribution in [2.45, 2.75) is 57.4 Å². The summed E-state index contributed by atoms with van der Waals surface area (Å²) in [5.74, 6) is -5.01. The molecule has 3 N–H and O–H groups in total. The molecule has 0 bridgehead atoms. The molecular formula is C36H36F2N6O8S2. The van der Waals surface area contributed by atoms with E-state index in [-0.39, 0.29) is 32.6 Å². The standard InChI is InChI=1S/C36H36F2N6O8S2/c1-19(2)52-33(47)27(15-20-7-9-21(10-8-20)44-32(46)22-13-14-39-18-28(22)43(6)35(44)49)40-31(45)23-16-25(38)26(17-24(23)37)42-54(50,51)30-12-11-29(53-30)41-34(48)36(3,4)5/h7-14,16-19,27,42H,15H2,1-6H3,(H,40,45)(H,41,48)/t27-/m0/s1. The van der Waals surface area contributed by atoms with Gasteiger partial charge < -0.3 is 15.4 Å². The smallest absolute Gasteiger partial charge is 0.335 e. The quantitative estimate of drug-likeness (QED) is 0.162. The second kappa shape index (κ2) is 15.3. The zero-order chi connectivity index (χ0) is 39.7. The molecule has 0 spiro atoms. The lowest BCUT2D eigenvalue weighted by molar-refractivity contribution is -0.149. The molecule has 0 aliphatic heterocycles. The Morgan fingerprint density at radius 1 is 0.981 bits per heavy atom. The van der Waals surface area contributed by atoms with Crippen molar-refractivity contribution in [1.29, 1.82) is 0 Å². The number of benzene rings is 2. The zero-order valence-electron chi connectivity index (χ0n) is 29.9. The third-order valence-corrected chi connectivity index (χ3v) is 10.8. The van der Waals surface area contributed by atoms with Crippen LogP contribution in [0.3, 0.4) is 0 Å². The largest absolute Gasteiger partial charge is 0.461 e. The lowest BCUT2D eigenvalue weighted by atomic mass is 9.96. The van der Waals surface area contributed by atoms with Gasteiger partial charge >= 0.3 is 11.7 Å². The van der Waals surface area contributed by atoms with Crippen molar-refractivity contribution in [2.75, 3.05) is 10.0 Å². The molecule has 2 amide bonds. The number of anilines is 2. The highest BCUT2D eigenvalue weighted by atomic mass is 32.2. The Kier molecular flexibility index (Phi) is 11.2. The molecule has 0 aliphatic rings. The molecule has 0 saturated heterocycles. The Hall–Kier alpha value is -5.75. The average Bonchev–Trinajstić information content (AvgIpc) is 3.58. The lowest BCUT2D eigenvalue weighted by Crippen LogP contribution is -2.44. The van der Waals surface area contributed by atoms with Gasteiger partial charge in [-0.25, -0.2) is 31.4 Å². The van der Waals surface area contributed by atoms with Crippen LogP contribution < -0.4 is 26.6 Å². The van der Waals surface area contributed by atoms with Crippen molar-refractivity contribution in [3.8, 4) is 5.69 Å². The second-order valence-corrected chi connectivity index (χ2v) is 16.5. The highest BCUT2D eigenvalue weighted by Gasteiger charge is 2.28. The van der Waals surface area contributed by atoms with E-state index >= 15 is 8.78 Å². The molecule has 5 rings (SSSR count). The van der Waals surface area contributed by atoms with Crippen LogP contribution in [0.25, 0.3) is 16.6 Å². The normalized spacial score (nSPS) is 12.4. The summed E-state index contributed by atoms with van der Waals surface area (Å²) in [6.45, 7) is 8.19. The first-order valence-electron chi connectivity index (χ1n) is 16.4. The molecule has 2 aromatic carbocycles. The molecule has 1 atom stereocenters. The van der Waals surface area contributed by atoms with E-state index in [1.807, 2.05) is 4.72 Å². The molecule has 0 fully saturated rings. The van der Waals surface area contributed by atoms with E-state index in [9.17, 15) is 32.4 Å². The molecule has 14 nitrogen and oxygen atoms in total. The molecule has 0 unspecified atom stereocenters. The lowest BCUT2D eigenvalue weighted by Gasteiger charge is -2.20. The number of rotatable bonds is 11. The van der Waals surface area contributed by atoms with Crippen molar-refractivity contribution in [3.63, 3.8) is 0 Å². The highest BCUT2D eigenvalue weighted by molar-refractivity contribution is 7.94. The number of aromatic nitrogens is 3. The van der Waals surface area contributed by atoms with E-state index in [0.717, 1.165) is 4.57 Å². The number of esters is 1. The molecule has 3 heterocycles. The highest BCUT2D eigenvalue weighted by Crippen LogP contribution is 2.30. The molecular weight excluding hydrogens is 747 g/mol. The number of sulfonamides is 1. The predicted molar refractivity (Wildman–Crippen MR) is 198 cm³/mol. The number of hydrogen-bond acceptors (Lipinski definition) is 10. The number of nitrogens with one attached hydrogen (secondary N) is 3. The van der Waals surface area contributed by atoms with Gasteiger partial charge in [-0.1, -0.05) is 32.9 Å². The number of hydrogen-bond donors (Lipinski definition) is 3. The Morgan fingerprint density at radius 2 is 1.67 bits per heavy atom. The van der Waals surface area contributed by atoms with Gasteiger partial charge in [0.15, 0.2) is 0 Å². The van der Waals surface area contributed by atoms with Crippen LogP contribution >= 0.6 is 11.3 Å². The topological polar surface area (TPSA) is 188 Å². The van der Waals surface area contributed by atoms with Gasteiger partial charge in [-0.15, -0.1) is 11.3 Å². The number of fused-ring (bicyclic) bond motifs is 1. The van der Waals surface area contributed by atoms with Gasteiger partial charge in [0.25, 0.3) is 21.5 Å². The maximum Gasteiger partial charge on any atom is 0.335 e. The fourth-order valence-corrected chi connectivity index (χ4v) is 7.37. The fraction of sp³-hybridized carbons (Fsp3) is 0.278. The summed E-state index contributed by atoms with van der Waals surface area (Å²) in [5, 5.41) is 5.45. The Balaban J connectivity index is 1.35. The van der Waals surface area contributed by atoms with Crippen LogP contribution in [0.2, 0.25) is 0 Å². The summed E-state index contributed by atoms with van der Waals surface area (Å²) < 4.78 is 65.8. The van der Waals surface area contributed by atoms with Crippen molar-refractivity contribution >= 4 is 60.7 Å². The van der Waals surface area contributed by atoms with Gasteiger partial charge in [-0.2, -0.15) is 0 Å². The SMILES string of the molecule is CC(C)OC(=O)[C@H](Cc1ccc(-n2c(=O)c3ccncc3n(C)c2=O)cc1)NC(=O)c1cc(F)c(NS(=O)(=O)c2ccc(NC(=O)C(C)(C)C)s2)cc1F. The number of carbonyl (C=O) groups is 3. The first kappa shape index (κ1) is 39.5. The van der Waals surface area contributed by atoms with Gasteiger partial charge in [0.2, 0.25) is 5.91 Å². The van der Waals surface area contributed by atoms with Gasteiger partial charge in [0.1, 0.15) is 21.9 Å². The van der Waals surface area contributed by atoms with Crippen LogP contribution in [0, 0.1) is 17.0 Å². The number of carbonyl (C=O) groups excluding carboxylic acids is 3. The first-order valence-corrected chi connectivity index (χ1v) is 18.7. The third kappa shape index (κ3) is 8.55. The van der Waals surface area contributed by atoms with Gasteiger partial charge in [0.05, 0.1) is 45.1 Å². The van der Waals surface area contributed by atoms with Crippen molar-refractivity contribution in [1.82, 2.24) is 19.4 Å². The third-order valence-electron chi connectivity index (χ3n) is 7.96. The Bertz CT molecular complexity index is 2510. The van der Waals surface area contributed by atoms with Crippen molar-refractivity contribution in [2.24, 2.45) is 12.5 Å². The number of ether oxygens (including phenoxy) is 1. The summed E-state index contributed by atoms with van der Waals surface area (Å²) in [5.41, 5.74) is -2.51. The zero-order valence-corrected chi connectivity index (χ0v) is 31.5. The van der Waals surface area contributed by atoms with E-state index in [1.165, 1.54) is 66.5 Å². The fourth-order valence-electron chi connectivity index (χ4n) is 5.11. The molecule has 54 heavy (non-hydrogen) atoms. The first-order chi connectivity index (χ1) is 25.3. The maximum absolute atomic E-state index is 15.3. The summed E-state index contributed by atoms with van der Waals surface area (Å²) in [4.78, 5) is 68.8. The van der Waals surface area contributed by atoms with Crippen molar-refractivity contribution < 1.29 is 36.3 Å². The van der Waals surface area contributed by atoms with Gasteiger partial charge in [0, 0.05) is 31.1 Å². The minimum absolute atomic E-state index is 0.186. The number of amides is 2. The van der Waals surface area contributed by atoms with Crippen LogP contribution in [0.5, 0.6) is 0 Å². The van der Waals surface area contributed by atoms with E-state index in [4.69, 9.17) is 4.74 Å². The second-order valence-electron chi connectivity index (χ2n) is 13.5. The minimum atomic E-state index is -4.44. The molecule has 0 aliphatic carbocycles. The van der Waals surface area contributed by atoms with Crippen molar-refractivity contribution in [3.05, 3.63) is 111 Å². The Labute approximate surface area is 311 Å². The molecule has 284 valence electrons. The maximum atomic E-state index is 15.3. The van der Waals surface area contributed by atoms with Crippen LogP contribution in [-0.2, 0) is 37.8 Å². The average molecular weight is 783 g/mol. The molecule has 0 saturated carbocycles. The van der Waals surface area contributed by atoms with E-state index in [2.05, 4.69) is 15.6 Å². The van der Waals surface area contributed by atoms with Crippen LogP contribution in [0.4, 0.5) is 19.5 Å². The summed E-state index contributed by atoms with van der Waals surface area (Å²) in [6.07, 6.45) is 2.06. The van der Waals surface area contributed by atoms with Crippen LogP contribution in [0.15, 0.2) is 80.8 Å². The Morgan fingerprint density at radius 3 is 2.31 bits per heavy atom.